The summed E-state index contributed by atoms with van der Waals surface area (Å²) in [5.74, 6) is 0.202. The quantitative estimate of drug-likeness (QED) is 0.393. The van der Waals surface area contributed by atoms with Crippen molar-refractivity contribution in [3.05, 3.63) is 106 Å². The summed E-state index contributed by atoms with van der Waals surface area (Å²) in [6.45, 7) is 2.49. The molecule has 3 aromatic carbocycles. The zero-order valence-electron chi connectivity index (χ0n) is 18.4. The van der Waals surface area contributed by atoms with Crippen molar-refractivity contribution < 1.29 is 9.53 Å². The second-order valence-electron chi connectivity index (χ2n) is 7.61. The minimum atomic E-state index is -0.540. The Bertz CT molecular complexity index is 1340. The number of benzene rings is 3. The molecule has 0 saturated heterocycles. The van der Waals surface area contributed by atoms with Gasteiger partial charge in [-0.05, 0) is 43.3 Å². The Hall–Kier alpha value is -3.48. The van der Waals surface area contributed by atoms with E-state index in [0.717, 1.165) is 0 Å². The summed E-state index contributed by atoms with van der Waals surface area (Å²) in [4.78, 5) is 33.6. The van der Waals surface area contributed by atoms with Crippen LogP contribution in [0.15, 0.2) is 83.7 Å². The molecule has 4 rings (SSSR count). The van der Waals surface area contributed by atoms with E-state index in [0.29, 0.717) is 46.2 Å². The monoisotopic (exact) mass is 461 g/mol. The lowest BCUT2D eigenvalue weighted by molar-refractivity contribution is 0.0605. The van der Waals surface area contributed by atoms with Gasteiger partial charge >= 0.3 is 0 Å². The molecule has 1 amide bonds. The van der Waals surface area contributed by atoms with Crippen molar-refractivity contribution in [1.82, 2.24) is 14.5 Å². The standard InChI is InChI=1S/C26H24ClN3O3/c1-18(29(16-17-33-2)25(31)20-12-6-8-14-22(20)27)24-28-23-15-9-7-13-21(23)26(32)30(24)19-10-4-3-5-11-19/h3-15,18H,16-17H2,1-2H3. The van der Waals surface area contributed by atoms with Gasteiger partial charge in [0.1, 0.15) is 5.82 Å². The minimum Gasteiger partial charge on any atom is -0.383 e. The van der Waals surface area contributed by atoms with Crippen LogP contribution >= 0.6 is 11.6 Å². The fourth-order valence-corrected chi connectivity index (χ4v) is 4.06. The van der Waals surface area contributed by atoms with Crippen LogP contribution in [0.2, 0.25) is 5.02 Å². The summed E-state index contributed by atoms with van der Waals surface area (Å²) in [5.41, 5.74) is 1.45. The highest BCUT2D eigenvalue weighted by Gasteiger charge is 2.28. The molecule has 0 spiro atoms. The third-order valence-corrected chi connectivity index (χ3v) is 5.89. The highest BCUT2D eigenvalue weighted by molar-refractivity contribution is 6.33. The first-order valence-corrected chi connectivity index (χ1v) is 11.0. The summed E-state index contributed by atoms with van der Waals surface area (Å²) < 4.78 is 6.84. The topological polar surface area (TPSA) is 64.4 Å². The molecule has 4 aromatic rings. The van der Waals surface area contributed by atoms with E-state index in [2.05, 4.69) is 0 Å². The zero-order chi connectivity index (χ0) is 23.4. The molecule has 0 saturated carbocycles. The first-order valence-electron chi connectivity index (χ1n) is 10.6. The molecule has 6 nitrogen and oxygen atoms in total. The third kappa shape index (κ3) is 4.53. The Balaban J connectivity index is 1.90. The molecule has 1 atom stereocenters. The minimum absolute atomic E-state index is 0.189. The number of fused-ring (bicyclic) bond motifs is 1. The normalized spacial score (nSPS) is 12.0. The molecule has 1 heterocycles. The first kappa shape index (κ1) is 22.7. The third-order valence-electron chi connectivity index (χ3n) is 5.56. The maximum absolute atomic E-state index is 13.6. The molecular weight excluding hydrogens is 438 g/mol. The van der Waals surface area contributed by atoms with Crippen LogP contribution < -0.4 is 5.56 Å². The van der Waals surface area contributed by atoms with Gasteiger partial charge in [0.15, 0.2) is 0 Å². The van der Waals surface area contributed by atoms with Gasteiger partial charge in [0.05, 0.1) is 39.8 Å². The Morgan fingerprint density at radius 1 is 1.03 bits per heavy atom. The second-order valence-corrected chi connectivity index (χ2v) is 8.02. The number of rotatable bonds is 7. The number of carbonyl (C=O) groups is 1. The van der Waals surface area contributed by atoms with Crippen molar-refractivity contribution in [3.63, 3.8) is 0 Å². The van der Waals surface area contributed by atoms with Crippen LogP contribution in [0, 0.1) is 0 Å². The van der Waals surface area contributed by atoms with Crippen LogP contribution in [0.3, 0.4) is 0 Å². The fourth-order valence-electron chi connectivity index (χ4n) is 3.85. The number of hydrogen-bond acceptors (Lipinski definition) is 4. The number of halogens is 1. The number of ether oxygens (including phenoxy) is 1. The first-order chi connectivity index (χ1) is 16.0. The van der Waals surface area contributed by atoms with Gasteiger partial charge in [-0.3, -0.25) is 14.2 Å². The molecule has 0 aliphatic heterocycles. The van der Waals surface area contributed by atoms with Crippen molar-refractivity contribution >= 4 is 28.4 Å². The predicted octanol–water partition coefficient (Wildman–Crippen LogP) is 4.89. The number of amides is 1. The van der Waals surface area contributed by atoms with Gasteiger partial charge in [-0.15, -0.1) is 0 Å². The highest BCUT2D eigenvalue weighted by Crippen LogP contribution is 2.26. The summed E-state index contributed by atoms with van der Waals surface area (Å²) in [5, 5.41) is 0.877. The van der Waals surface area contributed by atoms with Crippen LogP contribution in [0.5, 0.6) is 0 Å². The lowest BCUT2D eigenvalue weighted by atomic mass is 10.1. The number of hydrogen-bond donors (Lipinski definition) is 0. The molecule has 0 aliphatic rings. The van der Waals surface area contributed by atoms with E-state index in [1.54, 1.807) is 53.0 Å². The van der Waals surface area contributed by atoms with Gasteiger partial charge in [-0.1, -0.05) is 54.1 Å². The number of para-hydroxylation sites is 2. The van der Waals surface area contributed by atoms with Gasteiger partial charge in [-0.25, -0.2) is 4.98 Å². The summed E-state index contributed by atoms with van der Waals surface area (Å²) in [6, 6.07) is 22.9. The van der Waals surface area contributed by atoms with Crippen molar-refractivity contribution in [2.75, 3.05) is 20.3 Å². The van der Waals surface area contributed by atoms with E-state index < -0.39 is 6.04 Å². The second kappa shape index (κ2) is 9.98. The van der Waals surface area contributed by atoms with Gasteiger partial charge in [0.2, 0.25) is 0 Å². The average Bonchev–Trinajstić information content (AvgIpc) is 2.84. The van der Waals surface area contributed by atoms with Crippen molar-refractivity contribution in [2.45, 2.75) is 13.0 Å². The maximum atomic E-state index is 13.6. The number of methoxy groups -OCH3 is 1. The summed E-state index contributed by atoms with van der Waals surface area (Å²) in [6.07, 6.45) is 0. The predicted molar refractivity (Wildman–Crippen MR) is 130 cm³/mol. The van der Waals surface area contributed by atoms with E-state index in [-0.39, 0.29) is 11.5 Å². The lowest BCUT2D eigenvalue weighted by Gasteiger charge is -2.30. The van der Waals surface area contributed by atoms with Crippen molar-refractivity contribution in [2.24, 2.45) is 0 Å². The van der Waals surface area contributed by atoms with Gasteiger partial charge in [-0.2, -0.15) is 0 Å². The van der Waals surface area contributed by atoms with Crippen LogP contribution in [-0.2, 0) is 4.74 Å². The van der Waals surface area contributed by atoms with E-state index in [1.165, 1.54) is 0 Å². The van der Waals surface area contributed by atoms with E-state index in [9.17, 15) is 9.59 Å². The Labute approximate surface area is 197 Å². The van der Waals surface area contributed by atoms with Gasteiger partial charge in [0.25, 0.3) is 11.5 Å². The van der Waals surface area contributed by atoms with Crippen LogP contribution in [0.25, 0.3) is 16.6 Å². The van der Waals surface area contributed by atoms with Crippen LogP contribution in [0.1, 0.15) is 29.1 Å². The maximum Gasteiger partial charge on any atom is 0.266 e. The zero-order valence-corrected chi connectivity index (χ0v) is 19.2. The van der Waals surface area contributed by atoms with Crippen molar-refractivity contribution in [1.29, 1.82) is 0 Å². The van der Waals surface area contributed by atoms with Crippen molar-refractivity contribution in [3.8, 4) is 5.69 Å². The van der Waals surface area contributed by atoms with E-state index in [1.807, 2.05) is 49.4 Å². The van der Waals surface area contributed by atoms with Crippen LogP contribution in [0.4, 0.5) is 0 Å². The van der Waals surface area contributed by atoms with E-state index in [4.69, 9.17) is 21.3 Å². The Kier molecular flexibility index (Phi) is 6.87. The van der Waals surface area contributed by atoms with Gasteiger partial charge < -0.3 is 9.64 Å². The fraction of sp³-hybridized carbons (Fsp3) is 0.192. The molecule has 33 heavy (non-hydrogen) atoms. The Morgan fingerprint density at radius 3 is 2.42 bits per heavy atom. The molecule has 0 aliphatic carbocycles. The molecule has 0 radical (unpaired) electrons. The molecule has 0 fully saturated rings. The van der Waals surface area contributed by atoms with Gasteiger partial charge in [0, 0.05) is 13.7 Å². The molecule has 7 heteroatoms. The number of nitrogens with zero attached hydrogens (tertiary/aromatic N) is 3. The molecular formula is C26H24ClN3O3. The average molecular weight is 462 g/mol. The number of aromatic nitrogens is 2. The molecule has 0 bridgehead atoms. The van der Waals surface area contributed by atoms with Crippen LogP contribution in [-0.4, -0.2) is 40.6 Å². The van der Waals surface area contributed by atoms with E-state index >= 15 is 0 Å². The lowest BCUT2D eigenvalue weighted by Crippen LogP contribution is -2.39. The summed E-state index contributed by atoms with van der Waals surface area (Å²) in [7, 11) is 1.58. The summed E-state index contributed by atoms with van der Waals surface area (Å²) >= 11 is 6.33. The smallest absolute Gasteiger partial charge is 0.266 e. The SMILES string of the molecule is COCCN(C(=O)c1ccccc1Cl)C(C)c1nc2ccccc2c(=O)n1-c1ccccc1. The molecule has 1 unspecified atom stereocenters. The Morgan fingerprint density at radius 2 is 1.70 bits per heavy atom. The number of carbonyl (C=O) groups excluding carboxylic acids is 1. The molecule has 168 valence electrons. The molecule has 1 aromatic heterocycles. The highest BCUT2D eigenvalue weighted by atomic mass is 35.5. The molecule has 0 N–H and O–H groups in total. The largest absolute Gasteiger partial charge is 0.383 e.